The standard InChI is InChI=1S/C23H23N3O3/c1-15-8-10-16(11-9-15)13-18-21(27)25(14-17-5-4-12-29-17)23-24-19-6-2-3-7-20(19)26(23)22(18)28/h2-3,6-11,17,27H,4-5,12-14H2,1H3. The van der Waals surface area contributed by atoms with E-state index in [0.717, 1.165) is 41.6 Å². The second-order valence-electron chi connectivity index (χ2n) is 7.75. The van der Waals surface area contributed by atoms with Crippen LogP contribution in [0.2, 0.25) is 0 Å². The van der Waals surface area contributed by atoms with Gasteiger partial charge in [-0.1, -0.05) is 42.0 Å². The maximum Gasteiger partial charge on any atom is 0.266 e. The molecule has 0 spiro atoms. The minimum Gasteiger partial charge on any atom is -0.494 e. The Morgan fingerprint density at radius 2 is 1.97 bits per heavy atom. The highest BCUT2D eigenvalue weighted by Crippen LogP contribution is 2.26. The Morgan fingerprint density at radius 1 is 1.17 bits per heavy atom. The zero-order chi connectivity index (χ0) is 20.0. The van der Waals surface area contributed by atoms with Gasteiger partial charge in [-0.2, -0.15) is 0 Å². The summed E-state index contributed by atoms with van der Waals surface area (Å²) >= 11 is 0. The number of benzene rings is 2. The fraction of sp³-hybridized carbons (Fsp3) is 0.304. The Labute approximate surface area is 168 Å². The Bertz CT molecular complexity index is 1250. The summed E-state index contributed by atoms with van der Waals surface area (Å²) < 4.78 is 9.14. The maximum atomic E-state index is 13.4. The van der Waals surface area contributed by atoms with Gasteiger partial charge in [0.1, 0.15) is 0 Å². The summed E-state index contributed by atoms with van der Waals surface area (Å²) in [6, 6.07) is 15.6. The van der Waals surface area contributed by atoms with E-state index in [1.165, 1.54) is 0 Å². The van der Waals surface area contributed by atoms with Crippen LogP contribution in [-0.2, 0) is 17.7 Å². The van der Waals surface area contributed by atoms with Gasteiger partial charge in [-0.05, 0) is 37.5 Å². The second kappa shape index (κ2) is 7.04. The molecule has 148 valence electrons. The van der Waals surface area contributed by atoms with Crippen LogP contribution >= 0.6 is 0 Å². The molecule has 6 nitrogen and oxygen atoms in total. The van der Waals surface area contributed by atoms with Crippen LogP contribution in [-0.4, -0.2) is 31.8 Å². The van der Waals surface area contributed by atoms with Crippen molar-refractivity contribution in [2.45, 2.75) is 38.8 Å². The molecule has 3 heterocycles. The number of rotatable bonds is 4. The lowest BCUT2D eigenvalue weighted by atomic mass is 10.1. The monoisotopic (exact) mass is 389 g/mol. The number of hydrogen-bond donors (Lipinski definition) is 1. The average Bonchev–Trinajstić information content (AvgIpc) is 3.37. The lowest BCUT2D eigenvalue weighted by Crippen LogP contribution is -2.26. The van der Waals surface area contributed by atoms with Gasteiger partial charge in [0.15, 0.2) is 0 Å². The van der Waals surface area contributed by atoms with Crippen molar-refractivity contribution in [3.63, 3.8) is 0 Å². The van der Waals surface area contributed by atoms with Crippen molar-refractivity contribution in [1.29, 1.82) is 0 Å². The topological polar surface area (TPSA) is 68.8 Å². The first-order valence-electron chi connectivity index (χ1n) is 10.0. The molecule has 2 aromatic heterocycles. The van der Waals surface area contributed by atoms with Gasteiger partial charge in [0.25, 0.3) is 5.56 Å². The fourth-order valence-electron chi connectivity index (χ4n) is 4.11. The van der Waals surface area contributed by atoms with Crippen molar-refractivity contribution in [1.82, 2.24) is 14.0 Å². The molecule has 2 aromatic carbocycles. The van der Waals surface area contributed by atoms with Gasteiger partial charge >= 0.3 is 0 Å². The first-order chi connectivity index (χ1) is 14.1. The molecule has 0 bridgehead atoms. The van der Waals surface area contributed by atoms with Crippen LogP contribution in [0.1, 0.15) is 29.5 Å². The molecule has 29 heavy (non-hydrogen) atoms. The number of nitrogens with zero attached hydrogens (tertiary/aromatic N) is 3. The summed E-state index contributed by atoms with van der Waals surface area (Å²) in [4.78, 5) is 18.1. The van der Waals surface area contributed by atoms with Gasteiger partial charge < -0.3 is 9.84 Å². The summed E-state index contributed by atoms with van der Waals surface area (Å²) in [7, 11) is 0. The molecule has 1 atom stereocenters. The molecule has 1 N–H and O–H groups in total. The zero-order valence-corrected chi connectivity index (χ0v) is 16.3. The molecule has 4 aromatic rings. The quantitative estimate of drug-likeness (QED) is 0.581. The molecule has 0 radical (unpaired) electrons. The lowest BCUT2D eigenvalue weighted by Gasteiger charge is -2.17. The van der Waals surface area contributed by atoms with Crippen molar-refractivity contribution in [3.05, 3.63) is 75.6 Å². The minimum absolute atomic E-state index is 0.0132. The molecule has 1 saturated heterocycles. The van der Waals surface area contributed by atoms with Crippen LogP contribution in [0.25, 0.3) is 16.8 Å². The Kier molecular flexibility index (Phi) is 4.36. The van der Waals surface area contributed by atoms with Crippen molar-refractivity contribution in [3.8, 4) is 5.88 Å². The Morgan fingerprint density at radius 3 is 2.72 bits per heavy atom. The van der Waals surface area contributed by atoms with Gasteiger partial charge in [-0.25, -0.2) is 9.38 Å². The van der Waals surface area contributed by atoms with Gasteiger partial charge in [0.2, 0.25) is 11.7 Å². The summed E-state index contributed by atoms with van der Waals surface area (Å²) in [6.07, 6.45) is 2.32. The Balaban J connectivity index is 1.73. The number of imidazole rings is 1. The SMILES string of the molecule is Cc1ccc(Cc2c(O)n(CC3CCCO3)c3nc4ccccc4n3c2=O)cc1. The lowest BCUT2D eigenvalue weighted by molar-refractivity contribution is 0.0953. The third-order valence-electron chi connectivity index (χ3n) is 5.68. The van der Waals surface area contributed by atoms with Crippen LogP contribution < -0.4 is 5.56 Å². The predicted octanol–water partition coefficient (Wildman–Crippen LogP) is 3.43. The molecular formula is C23H23N3O3. The summed E-state index contributed by atoms with van der Waals surface area (Å²) in [5, 5.41) is 11.1. The smallest absolute Gasteiger partial charge is 0.266 e. The molecule has 1 aliphatic heterocycles. The third-order valence-corrected chi connectivity index (χ3v) is 5.68. The van der Waals surface area contributed by atoms with E-state index in [9.17, 15) is 9.90 Å². The molecule has 1 aliphatic rings. The van der Waals surface area contributed by atoms with E-state index in [0.29, 0.717) is 24.3 Å². The van der Waals surface area contributed by atoms with Gasteiger partial charge in [-0.3, -0.25) is 9.36 Å². The van der Waals surface area contributed by atoms with E-state index in [1.54, 1.807) is 8.97 Å². The number of ether oxygens (including phenoxy) is 1. The normalized spacial score (nSPS) is 16.8. The zero-order valence-electron chi connectivity index (χ0n) is 16.3. The van der Waals surface area contributed by atoms with Crippen molar-refractivity contribution in [2.24, 2.45) is 0 Å². The average molecular weight is 389 g/mol. The molecule has 1 fully saturated rings. The highest BCUT2D eigenvalue weighted by Gasteiger charge is 2.24. The van der Waals surface area contributed by atoms with E-state index in [4.69, 9.17) is 4.74 Å². The molecule has 0 saturated carbocycles. The van der Waals surface area contributed by atoms with E-state index in [2.05, 4.69) is 4.98 Å². The van der Waals surface area contributed by atoms with Gasteiger partial charge in [-0.15, -0.1) is 0 Å². The van der Waals surface area contributed by atoms with Crippen molar-refractivity contribution < 1.29 is 9.84 Å². The number of hydrogen-bond acceptors (Lipinski definition) is 4. The van der Waals surface area contributed by atoms with E-state index in [-0.39, 0.29) is 17.5 Å². The van der Waals surface area contributed by atoms with Gasteiger partial charge in [0, 0.05) is 13.0 Å². The van der Waals surface area contributed by atoms with Crippen LogP contribution in [0, 0.1) is 6.92 Å². The summed E-state index contributed by atoms with van der Waals surface area (Å²) in [5.74, 6) is 0.436. The first kappa shape index (κ1) is 17.9. The van der Waals surface area contributed by atoms with Crippen LogP contribution in [0.15, 0.2) is 53.3 Å². The first-order valence-corrected chi connectivity index (χ1v) is 10.0. The highest BCUT2D eigenvalue weighted by atomic mass is 16.5. The third kappa shape index (κ3) is 3.09. The van der Waals surface area contributed by atoms with Crippen molar-refractivity contribution >= 4 is 16.8 Å². The maximum absolute atomic E-state index is 13.4. The van der Waals surface area contributed by atoms with E-state index >= 15 is 0 Å². The van der Waals surface area contributed by atoms with Crippen LogP contribution in [0.3, 0.4) is 0 Å². The predicted molar refractivity (Wildman–Crippen MR) is 112 cm³/mol. The Hall–Kier alpha value is -3.12. The fourth-order valence-corrected chi connectivity index (χ4v) is 4.11. The molecule has 6 heteroatoms. The molecule has 0 aliphatic carbocycles. The molecule has 1 unspecified atom stereocenters. The van der Waals surface area contributed by atoms with E-state index < -0.39 is 0 Å². The molecule has 0 amide bonds. The number of aryl methyl sites for hydroxylation is 1. The van der Waals surface area contributed by atoms with Crippen molar-refractivity contribution in [2.75, 3.05) is 6.61 Å². The summed E-state index contributed by atoms with van der Waals surface area (Å²) in [6.45, 7) is 3.23. The highest BCUT2D eigenvalue weighted by molar-refractivity contribution is 5.79. The number of aromatic hydroxyl groups is 1. The molecular weight excluding hydrogens is 366 g/mol. The largest absolute Gasteiger partial charge is 0.494 e. The van der Waals surface area contributed by atoms with Crippen LogP contribution in [0.4, 0.5) is 0 Å². The number of para-hydroxylation sites is 2. The minimum atomic E-state index is -0.227. The van der Waals surface area contributed by atoms with Gasteiger partial charge in [0.05, 0.1) is 29.2 Å². The second-order valence-corrected chi connectivity index (χ2v) is 7.75. The number of fused-ring (bicyclic) bond motifs is 3. The summed E-state index contributed by atoms with van der Waals surface area (Å²) in [5.41, 5.74) is 3.77. The van der Waals surface area contributed by atoms with E-state index in [1.807, 2.05) is 55.5 Å². The molecule has 5 rings (SSSR count). The number of aromatic nitrogens is 3. The van der Waals surface area contributed by atoms with Crippen LogP contribution in [0.5, 0.6) is 5.88 Å².